The quantitative estimate of drug-likeness (QED) is 0.185. The van der Waals surface area contributed by atoms with Crippen LogP contribution < -0.4 is 0 Å². The summed E-state index contributed by atoms with van der Waals surface area (Å²) in [6, 6.07) is 60.9. The lowest BCUT2D eigenvalue weighted by molar-refractivity contribution is 0.666. The standard InChI is InChI=1S/C50H34N2O/c1-50(2)41-20-9-6-15-35(41)37-27-28-44-47(48(37)50)40-17-7-10-21-43(40)52(44)46-30-34(33-25-23-32(24-26-33)31-13-4-3-5-14-31)29-42(51-46)39-19-12-18-38-36-16-8-11-22-45(36)53-49(38)39/h3-30H,1-2H3. The molecule has 0 aliphatic heterocycles. The van der Waals surface area contributed by atoms with Crippen LogP contribution in [-0.4, -0.2) is 9.55 Å². The Balaban J connectivity index is 1.19. The fourth-order valence-corrected chi connectivity index (χ4v) is 8.95. The van der Waals surface area contributed by atoms with Crippen LogP contribution in [0.1, 0.15) is 25.0 Å². The number of hydrogen-bond donors (Lipinski definition) is 0. The first-order chi connectivity index (χ1) is 26.0. The van der Waals surface area contributed by atoms with Gasteiger partial charge in [-0.1, -0.05) is 147 Å². The van der Waals surface area contributed by atoms with E-state index in [4.69, 9.17) is 9.40 Å². The zero-order valence-corrected chi connectivity index (χ0v) is 29.5. The Bertz CT molecular complexity index is 3070. The minimum absolute atomic E-state index is 0.154. The first-order valence-corrected chi connectivity index (χ1v) is 18.3. The first kappa shape index (κ1) is 30.0. The van der Waals surface area contributed by atoms with Crippen LogP contribution in [0.3, 0.4) is 0 Å². The van der Waals surface area contributed by atoms with Gasteiger partial charge in [-0.05, 0) is 80.9 Å². The van der Waals surface area contributed by atoms with Gasteiger partial charge in [0.1, 0.15) is 17.0 Å². The Morgan fingerprint density at radius 2 is 1.15 bits per heavy atom. The van der Waals surface area contributed by atoms with E-state index in [1.165, 1.54) is 44.2 Å². The summed E-state index contributed by atoms with van der Waals surface area (Å²) < 4.78 is 8.95. The second kappa shape index (κ2) is 11.1. The van der Waals surface area contributed by atoms with Crippen LogP contribution in [0.4, 0.5) is 0 Å². The monoisotopic (exact) mass is 678 g/mol. The number of pyridine rings is 1. The number of nitrogens with zero attached hydrogens (tertiary/aromatic N) is 2. The first-order valence-electron chi connectivity index (χ1n) is 18.3. The molecule has 0 amide bonds. The molecule has 0 bridgehead atoms. The Hall–Kier alpha value is -6.71. The van der Waals surface area contributed by atoms with Crippen molar-refractivity contribution in [3.05, 3.63) is 181 Å². The summed E-state index contributed by atoms with van der Waals surface area (Å²) >= 11 is 0. The van der Waals surface area contributed by atoms with Gasteiger partial charge in [-0.15, -0.1) is 0 Å². The second-order valence-corrected chi connectivity index (χ2v) is 14.7. The molecule has 3 heterocycles. The molecule has 11 rings (SSSR count). The summed E-state index contributed by atoms with van der Waals surface area (Å²) in [5.74, 6) is 0.872. The van der Waals surface area contributed by atoms with E-state index >= 15 is 0 Å². The van der Waals surface area contributed by atoms with Crippen molar-refractivity contribution in [1.82, 2.24) is 9.55 Å². The topological polar surface area (TPSA) is 31.0 Å². The molecule has 1 aliphatic rings. The molecule has 0 saturated carbocycles. The van der Waals surface area contributed by atoms with Crippen LogP contribution in [0, 0.1) is 0 Å². The molecule has 7 aromatic carbocycles. The van der Waals surface area contributed by atoms with Gasteiger partial charge in [0.2, 0.25) is 0 Å². The molecule has 10 aromatic rings. The predicted molar refractivity (Wildman–Crippen MR) is 220 cm³/mol. The third-order valence-electron chi connectivity index (χ3n) is 11.4. The molecule has 250 valence electrons. The van der Waals surface area contributed by atoms with Gasteiger partial charge in [-0.3, -0.25) is 4.57 Å². The van der Waals surface area contributed by atoms with Crippen LogP contribution >= 0.6 is 0 Å². The van der Waals surface area contributed by atoms with Crippen molar-refractivity contribution in [2.75, 3.05) is 0 Å². The summed E-state index contributed by atoms with van der Waals surface area (Å²) in [6.45, 7) is 4.74. The summed E-state index contributed by atoms with van der Waals surface area (Å²) in [6.07, 6.45) is 0. The molecule has 3 nitrogen and oxygen atoms in total. The number of benzene rings is 7. The van der Waals surface area contributed by atoms with Crippen LogP contribution in [0.15, 0.2) is 174 Å². The van der Waals surface area contributed by atoms with Crippen molar-refractivity contribution in [1.29, 1.82) is 0 Å². The Kier molecular flexibility index (Phi) is 6.30. The van der Waals surface area contributed by atoms with Gasteiger partial charge >= 0.3 is 0 Å². The highest BCUT2D eigenvalue weighted by molar-refractivity contribution is 6.14. The third-order valence-corrected chi connectivity index (χ3v) is 11.4. The van der Waals surface area contributed by atoms with E-state index in [-0.39, 0.29) is 5.41 Å². The summed E-state index contributed by atoms with van der Waals surface area (Å²) in [7, 11) is 0. The van der Waals surface area contributed by atoms with Gasteiger partial charge in [0.05, 0.1) is 16.7 Å². The number of aromatic nitrogens is 2. The van der Waals surface area contributed by atoms with Crippen LogP contribution in [0.5, 0.6) is 0 Å². The number of hydrogen-bond acceptors (Lipinski definition) is 2. The third kappa shape index (κ3) is 4.37. The van der Waals surface area contributed by atoms with Gasteiger partial charge in [-0.25, -0.2) is 4.98 Å². The van der Waals surface area contributed by atoms with E-state index in [1.807, 2.05) is 12.1 Å². The van der Waals surface area contributed by atoms with Gasteiger partial charge in [0.25, 0.3) is 0 Å². The Morgan fingerprint density at radius 3 is 2.00 bits per heavy atom. The molecule has 1 aliphatic carbocycles. The number of fused-ring (bicyclic) bond motifs is 10. The van der Waals surface area contributed by atoms with Gasteiger partial charge in [0, 0.05) is 32.5 Å². The molecular weight excluding hydrogens is 645 g/mol. The number of rotatable bonds is 4. The zero-order valence-electron chi connectivity index (χ0n) is 29.5. The lowest BCUT2D eigenvalue weighted by Crippen LogP contribution is -2.15. The molecule has 3 aromatic heterocycles. The van der Waals surface area contributed by atoms with E-state index in [1.54, 1.807) is 0 Å². The molecule has 0 radical (unpaired) electrons. The van der Waals surface area contributed by atoms with Crippen molar-refractivity contribution in [3.8, 4) is 50.5 Å². The molecule has 0 saturated heterocycles. The summed E-state index contributed by atoms with van der Waals surface area (Å²) in [5.41, 5.74) is 15.7. The van der Waals surface area contributed by atoms with Crippen LogP contribution in [0.2, 0.25) is 0 Å². The Labute approximate surface area is 307 Å². The number of para-hydroxylation sites is 3. The molecule has 0 spiro atoms. The van der Waals surface area contributed by atoms with E-state index in [0.717, 1.165) is 61.2 Å². The molecule has 0 N–H and O–H groups in total. The van der Waals surface area contributed by atoms with Gasteiger partial charge in [0.15, 0.2) is 0 Å². The van der Waals surface area contributed by atoms with Crippen molar-refractivity contribution in [2.24, 2.45) is 0 Å². The molecular formula is C50H34N2O. The predicted octanol–water partition coefficient (Wildman–Crippen LogP) is 13.4. The highest BCUT2D eigenvalue weighted by atomic mass is 16.3. The largest absolute Gasteiger partial charge is 0.455 e. The van der Waals surface area contributed by atoms with E-state index in [2.05, 4.69) is 176 Å². The lowest BCUT2D eigenvalue weighted by atomic mass is 9.80. The van der Waals surface area contributed by atoms with Crippen LogP contribution in [0.25, 0.3) is 94.2 Å². The maximum atomic E-state index is 6.58. The van der Waals surface area contributed by atoms with E-state index in [0.29, 0.717) is 0 Å². The van der Waals surface area contributed by atoms with Gasteiger partial charge < -0.3 is 4.42 Å². The summed E-state index contributed by atoms with van der Waals surface area (Å²) in [5, 5.41) is 4.73. The van der Waals surface area contributed by atoms with E-state index < -0.39 is 0 Å². The fraction of sp³-hybridized carbons (Fsp3) is 0.0600. The van der Waals surface area contributed by atoms with Crippen LogP contribution in [-0.2, 0) is 5.41 Å². The Morgan fingerprint density at radius 1 is 0.491 bits per heavy atom. The zero-order chi connectivity index (χ0) is 35.3. The fourth-order valence-electron chi connectivity index (χ4n) is 8.95. The second-order valence-electron chi connectivity index (χ2n) is 14.7. The average Bonchev–Trinajstić information content (AvgIpc) is 3.84. The molecule has 0 atom stereocenters. The maximum absolute atomic E-state index is 6.58. The smallest absolute Gasteiger partial charge is 0.144 e. The SMILES string of the molecule is CC1(C)c2ccccc2-c2ccc3c(c21)c1ccccc1n3-c1cc(-c2ccc(-c3ccccc3)cc2)cc(-c2cccc3c2oc2ccccc23)n1. The minimum Gasteiger partial charge on any atom is -0.455 e. The van der Waals surface area contributed by atoms with Crippen molar-refractivity contribution >= 4 is 43.7 Å². The molecule has 0 fully saturated rings. The highest BCUT2D eigenvalue weighted by Gasteiger charge is 2.38. The molecule has 3 heteroatoms. The number of furan rings is 1. The van der Waals surface area contributed by atoms with Crippen molar-refractivity contribution in [3.63, 3.8) is 0 Å². The lowest BCUT2D eigenvalue weighted by Gasteiger charge is -2.22. The van der Waals surface area contributed by atoms with E-state index in [9.17, 15) is 0 Å². The highest BCUT2D eigenvalue weighted by Crippen LogP contribution is 2.53. The average molecular weight is 679 g/mol. The molecule has 53 heavy (non-hydrogen) atoms. The van der Waals surface area contributed by atoms with Gasteiger partial charge in [-0.2, -0.15) is 0 Å². The molecule has 0 unspecified atom stereocenters. The van der Waals surface area contributed by atoms with Crippen molar-refractivity contribution in [2.45, 2.75) is 19.3 Å². The minimum atomic E-state index is -0.154. The maximum Gasteiger partial charge on any atom is 0.144 e. The summed E-state index contributed by atoms with van der Waals surface area (Å²) in [4.78, 5) is 5.53. The normalized spacial score (nSPS) is 13.2. The van der Waals surface area contributed by atoms with Crippen molar-refractivity contribution < 1.29 is 4.42 Å².